The number of rotatable bonds is 10. The molecule has 3 rings (SSSR count). The number of hydrogen-bond donors (Lipinski definition) is 1. The van der Waals surface area contributed by atoms with Crippen LogP contribution in [-0.4, -0.2) is 57.0 Å². The molecule has 0 bridgehead atoms. The third kappa shape index (κ3) is 5.70. The molecule has 33 heavy (non-hydrogen) atoms. The van der Waals surface area contributed by atoms with E-state index >= 15 is 0 Å². The van der Waals surface area contributed by atoms with Crippen molar-refractivity contribution in [1.82, 2.24) is 15.5 Å². The first kappa shape index (κ1) is 23.4. The summed E-state index contributed by atoms with van der Waals surface area (Å²) in [6.45, 7) is -0.600. The summed E-state index contributed by atoms with van der Waals surface area (Å²) in [5.74, 6) is 1.20. The second-order valence-corrected chi connectivity index (χ2v) is 6.49. The minimum Gasteiger partial charge on any atom is -0.497 e. The highest BCUT2D eigenvalue weighted by Gasteiger charge is 2.16. The number of hydrogen-bond acceptors (Lipinski definition) is 10. The topological polar surface area (TPSA) is 131 Å². The van der Waals surface area contributed by atoms with Crippen LogP contribution in [0.4, 0.5) is 0 Å². The number of amides is 1. The SMILES string of the molecule is COc1ccc(-c2noc(COC(=O)CNC(=O)c3ccc(OC)c(OC)c3)n2)c(OC)c1. The molecule has 0 unspecified atom stereocenters. The van der Waals surface area contributed by atoms with Gasteiger partial charge in [0.15, 0.2) is 18.1 Å². The number of benzene rings is 2. The van der Waals surface area contributed by atoms with Crippen molar-refractivity contribution in [3.8, 4) is 34.4 Å². The third-order valence-electron chi connectivity index (χ3n) is 4.51. The summed E-state index contributed by atoms with van der Waals surface area (Å²) in [7, 11) is 6.01. The number of nitrogens with one attached hydrogen (secondary N) is 1. The molecule has 174 valence electrons. The Kier molecular flexibility index (Phi) is 7.68. The fourth-order valence-corrected chi connectivity index (χ4v) is 2.83. The first-order valence-electron chi connectivity index (χ1n) is 9.69. The standard InChI is InChI=1S/C22H23N3O8/c1-28-14-6-7-15(17(10-14)30-3)21-24-19(33-25-21)12-32-20(26)11-23-22(27)13-5-8-16(29-2)18(9-13)31-4/h5-10H,11-12H2,1-4H3,(H,23,27). The summed E-state index contributed by atoms with van der Waals surface area (Å²) >= 11 is 0. The van der Waals surface area contributed by atoms with Crippen molar-refractivity contribution >= 4 is 11.9 Å². The summed E-state index contributed by atoms with van der Waals surface area (Å²) in [4.78, 5) is 28.5. The number of nitrogens with zero attached hydrogens (tertiary/aromatic N) is 2. The maximum absolute atomic E-state index is 12.3. The highest BCUT2D eigenvalue weighted by molar-refractivity contribution is 5.96. The molecule has 0 radical (unpaired) electrons. The number of ether oxygens (including phenoxy) is 5. The van der Waals surface area contributed by atoms with Crippen molar-refractivity contribution in [2.45, 2.75) is 6.61 Å². The van der Waals surface area contributed by atoms with Gasteiger partial charge in [0.05, 0.1) is 34.0 Å². The molecule has 0 saturated heterocycles. The third-order valence-corrected chi connectivity index (χ3v) is 4.51. The van der Waals surface area contributed by atoms with E-state index in [2.05, 4.69) is 15.5 Å². The molecule has 11 nitrogen and oxygen atoms in total. The predicted octanol–water partition coefficient (Wildman–Crippen LogP) is 2.24. The lowest BCUT2D eigenvalue weighted by Gasteiger charge is -2.09. The fraction of sp³-hybridized carbons (Fsp3) is 0.273. The molecule has 0 aliphatic rings. The molecule has 2 aromatic carbocycles. The molecule has 0 spiro atoms. The number of aromatic nitrogens is 2. The lowest BCUT2D eigenvalue weighted by Crippen LogP contribution is -2.30. The molecular formula is C22H23N3O8. The smallest absolute Gasteiger partial charge is 0.325 e. The van der Waals surface area contributed by atoms with Crippen LogP contribution in [0.3, 0.4) is 0 Å². The molecule has 0 aliphatic heterocycles. The molecule has 0 atom stereocenters. The maximum Gasteiger partial charge on any atom is 0.325 e. The van der Waals surface area contributed by atoms with Crippen molar-refractivity contribution in [2.24, 2.45) is 0 Å². The summed E-state index contributed by atoms with van der Waals surface area (Å²) in [6.07, 6.45) is 0. The first-order valence-corrected chi connectivity index (χ1v) is 9.69. The molecule has 1 N–H and O–H groups in total. The van der Waals surface area contributed by atoms with Gasteiger partial charge in [-0.3, -0.25) is 9.59 Å². The molecule has 11 heteroatoms. The van der Waals surface area contributed by atoms with Crippen molar-refractivity contribution in [2.75, 3.05) is 35.0 Å². The second-order valence-electron chi connectivity index (χ2n) is 6.49. The summed E-state index contributed by atoms with van der Waals surface area (Å²) < 4.78 is 31.0. The van der Waals surface area contributed by atoms with Crippen molar-refractivity contribution in [3.63, 3.8) is 0 Å². The first-order chi connectivity index (χ1) is 16.0. The van der Waals surface area contributed by atoms with Gasteiger partial charge in [0.25, 0.3) is 11.8 Å². The maximum atomic E-state index is 12.3. The average molecular weight is 457 g/mol. The van der Waals surface area contributed by atoms with Crippen LogP contribution in [0.1, 0.15) is 16.2 Å². The van der Waals surface area contributed by atoms with Gasteiger partial charge in [-0.2, -0.15) is 4.98 Å². The second kappa shape index (κ2) is 10.8. The molecule has 3 aromatic rings. The van der Waals surface area contributed by atoms with Gasteiger partial charge in [0.1, 0.15) is 18.0 Å². The van der Waals surface area contributed by atoms with Gasteiger partial charge in [0.2, 0.25) is 5.82 Å². The van der Waals surface area contributed by atoms with E-state index in [0.29, 0.717) is 34.1 Å². The highest BCUT2D eigenvalue weighted by atomic mass is 16.6. The van der Waals surface area contributed by atoms with Crippen molar-refractivity contribution < 1.29 is 37.8 Å². The predicted molar refractivity (Wildman–Crippen MR) is 115 cm³/mol. The molecule has 1 heterocycles. The van der Waals surface area contributed by atoms with Gasteiger partial charge in [-0.1, -0.05) is 5.16 Å². The van der Waals surface area contributed by atoms with E-state index in [1.54, 1.807) is 37.4 Å². The van der Waals surface area contributed by atoms with Crippen LogP contribution in [0.2, 0.25) is 0 Å². The Bertz CT molecular complexity index is 1130. The normalized spacial score (nSPS) is 10.3. The molecule has 0 saturated carbocycles. The highest BCUT2D eigenvalue weighted by Crippen LogP contribution is 2.31. The quantitative estimate of drug-likeness (QED) is 0.452. The zero-order valence-electron chi connectivity index (χ0n) is 18.5. The van der Waals surface area contributed by atoms with E-state index in [1.165, 1.54) is 27.4 Å². The summed E-state index contributed by atoms with van der Waals surface area (Å²) in [6, 6.07) is 9.79. The van der Waals surface area contributed by atoms with Crippen LogP contribution >= 0.6 is 0 Å². The fourth-order valence-electron chi connectivity index (χ4n) is 2.83. The van der Waals surface area contributed by atoms with Gasteiger partial charge in [-0.25, -0.2) is 0 Å². The molecule has 0 fully saturated rings. The number of carbonyl (C=O) groups is 2. The van der Waals surface area contributed by atoms with E-state index in [4.69, 9.17) is 28.2 Å². The van der Waals surface area contributed by atoms with Crippen molar-refractivity contribution in [3.05, 3.63) is 47.9 Å². The summed E-state index contributed by atoms with van der Waals surface area (Å²) in [5, 5.41) is 6.36. The van der Waals surface area contributed by atoms with Crippen LogP contribution in [0, 0.1) is 0 Å². The van der Waals surface area contributed by atoms with E-state index in [9.17, 15) is 9.59 Å². The van der Waals surface area contributed by atoms with E-state index in [1.807, 2.05) is 0 Å². The van der Waals surface area contributed by atoms with Gasteiger partial charge >= 0.3 is 5.97 Å². The van der Waals surface area contributed by atoms with Gasteiger partial charge in [-0.15, -0.1) is 0 Å². The van der Waals surface area contributed by atoms with Gasteiger partial charge < -0.3 is 33.5 Å². The van der Waals surface area contributed by atoms with Crippen LogP contribution in [0.25, 0.3) is 11.4 Å². The molecule has 0 aliphatic carbocycles. The van der Waals surface area contributed by atoms with Crippen LogP contribution in [0.5, 0.6) is 23.0 Å². The van der Waals surface area contributed by atoms with Gasteiger partial charge in [-0.05, 0) is 30.3 Å². The molecule has 1 amide bonds. The lowest BCUT2D eigenvalue weighted by molar-refractivity contribution is -0.144. The molecular weight excluding hydrogens is 434 g/mol. The monoisotopic (exact) mass is 457 g/mol. The Morgan fingerprint density at radius 2 is 1.67 bits per heavy atom. The Hall–Kier alpha value is -4.28. The van der Waals surface area contributed by atoms with Crippen LogP contribution < -0.4 is 24.3 Å². The Morgan fingerprint density at radius 3 is 2.36 bits per heavy atom. The van der Waals surface area contributed by atoms with Crippen LogP contribution in [-0.2, 0) is 16.1 Å². The van der Waals surface area contributed by atoms with Crippen LogP contribution in [0.15, 0.2) is 40.9 Å². The Balaban J connectivity index is 1.54. The Morgan fingerprint density at radius 1 is 0.909 bits per heavy atom. The largest absolute Gasteiger partial charge is 0.497 e. The average Bonchev–Trinajstić information content (AvgIpc) is 3.33. The lowest BCUT2D eigenvalue weighted by atomic mass is 10.2. The minimum atomic E-state index is -0.675. The van der Waals surface area contributed by atoms with E-state index in [0.717, 1.165) is 0 Å². The minimum absolute atomic E-state index is 0.0856. The Labute approximate surface area is 189 Å². The summed E-state index contributed by atoms with van der Waals surface area (Å²) in [5.41, 5.74) is 0.886. The number of esters is 1. The number of methoxy groups -OCH3 is 4. The van der Waals surface area contributed by atoms with E-state index in [-0.39, 0.29) is 24.9 Å². The molecule has 1 aromatic heterocycles. The van der Waals surface area contributed by atoms with Crippen molar-refractivity contribution in [1.29, 1.82) is 0 Å². The zero-order chi connectivity index (χ0) is 23.8. The van der Waals surface area contributed by atoms with E-state index < -0.39 is 11.9 Å². The van der Waals surface area contributed by atoms with Gasteiger partial charge in [0, 0.05) is 11.6 Å². The number of carbonyl (C=O) groups excluding carboxylic acids is 2. The zero-order valence-corrected chi connectivity index (χ0v) is 18.5.